The molecular weight excluding hydrogens is 496 g/mol. The van der Waals surface area contributed by atoms with E-state index in [2.05, 4.69) is 42.5 Å². The van der Waals surface area contributed by atoms with E-state index in [0.717, 1.165) is 41.6 Å². The van der Waals surface area contributed by atoms with Crippen LogP contribution in [0.4, 0.5) is 0 Å². The zero-order valence-electron chi connectivity index (χ0n) is 22.2. The molecule has 0 saturated heterocycles. The average molecular weight is 525 g/mol. The Labute approximate surface area is 232 Å². The Kier molecular flexibility index (Phi) is 4.48. The van der Waals surface area contributed by atoms with Gasteiger partial charge < -0.3 is 0 Å². The van der Waals surface area contributed by atoms with Gasteiger partial charge in [0.2, 0.25) is 23.1 Å². The van der Waals surface area contributed by atoms with E-state index in [1.165, 1.54) is 33.4 Å². The molecule has 9 rings (SSSR count). The van der Waals surface area contributed by atoms with E-state index in [4.69, 9.17) is 0 Å². The maximum absolute atomic E-state index is 13.7. The Morgan fingerprint density at radius 2 is 0.900 bits per heavy atom. The standard InChI is InChI=1S/C36H28O4/c37-33-29-14-19-3-1-17-5-18-2-4-20-15-30-26-10-24(20)8-22(18)6-21(17)7-23(19)9-25(29)11-27-13-28(12-26)32(36(40)34(30)38)16-31(27)35(33)39/h1-4,6,9-10,13,17,20,29,32H,5,7-8,11-12,14-16H2. The van der Waals surface area contributed by atoms with Crippen molar-refractivity contribution in [3.8, 4) is 0 Å². The Morgan fingerprint density at radius 1 is 0.450 bits per heavy atom. The third kappa shape index (κ3) is 3.08. The number of rotatable bonds is 0. The van der Waals surface area contributed by atoms with Crippen molar-refractivity contribution in [2.75, 3.05) is 0 Å². The van der Waals surface area contributed by atoms with Crippen LogP contribution < -0.4 is 0 Å². The highest BCUT2D eigenvalue weighted by Crippen LogP contribution is 2.50. The Bertz CT molecular complexity index is 1760. The van der Waals surface area contributed by atoms with Crippen LogP contribution in [-0.4, -0.2) is 23.1 Å². The molecule has 4 heteroatoms. The summed E-state index contributed by atoms with van der Waals surface area (Å²) in [5.74, 6) is -2.34. The first-order valence-electron chi connectivity index (χ1n) is 14.6. The minimum Gasteiger partial charge on any atom is -0.290 e. The van der Waals surface area contributed by atoms with Gasteiger partial charge in [0.1, 0.15) is 0 Å². The second-order valence-electron chi connectivity index (χ2n) is 12.9. The van der Waals surface area contributed by atoms with Gasteiger partial charge in [-0.3, -0.25) is 19.2 Å². The van der Waals surface area contributed by atoms with Crippen LogP contribution in [0.15, 0.2) is 115 Å². The molecule has 0 N–H and O–H groups in total. The number of hydrogen-bond donors (Lipinski definition) is 0. The summed E-state index contributed by atoms with van der Waals surface area (Å²) >= 11 is 0. The third-order valence-electron chi connectivity index (χ3n) is 10.8. The van der Waals surface area contributed by atoms with Crippen molar-refractivity contribution >= 4 is 23.1 Å². The first-order valence-corrected chi connectivity index (χ1v) is 14.6. The van der Waals surface area contributed by atoms with Crippen LogP contribution in [-0.2, 0) is 19.2 Å². The largest absolute Gasteiger partial charge is 0.290 e. The van der Waals surface area contributed by atoms with Gasteiger partial charge in [-0.2, -0.15) is 0 Å². The number of Topliss-reactive ketones (excluding diaryl/α,β-unsaturated/α-hetero) is 4. The monoisotopic (exact) mass is 524 g/mol. The summed E-state index contributed by atoms with van der Waals surface area (Å²) in [7, 11) is 0. The zero-order valence-corrected chi connectivity index (χ0v) is 22.2. The molecule has 4 unspecified atom stereocenters. The molecule has 8 bridgehead atoms. The fourth-order valence-electron chi connectivity index (χ4n) is 8.65. The number of carbonyl (C=O) groups excluding carboxylic acids is 4. The summed E-state index contributed by atoms with van der Waals surface area (Å²) in [6.07, 6.45) is 22.9. The van der Waals surface area contributed by atoms with Gasteiger partial charge in [-0.15, -0.1) is 0 Å². The van der Waals surface area contributed by atoms with E-state index < -0.39 is 29.2 Å². The van der Waals surface area contributed by atoms with Gasteiger partial charge >= 0.3 is 0 Å². The minimum atomic E-state index is -0.659. The Morgan fingerprint density at radius 3 is 1.55 bits per heavy atom. The summed E-state index contributed by atoms with van der Waals surface area (Å²) in [4.78, 5) is 54.7. The van der Waals surface area contributed by atoms with Gasteiger partial charge in [0.25, 0.3) is 0 Å². The highest BCUT2D eigenvalue weighted by molar-refractivity contribution is 6.47. The highest BCUT2D eigenvalue weighted by Gasteiger charge is 2.45. The maximum atomic E-state index is 13.7. The summed E-state index contributed by atoms with van der Waals surface area (Å²) in [5, 5.41) is 0. The van der Waals surface area contributed by atoms with Crippen molar-refractivity contribution in [2.24, 2.45) is 23.7 Å². The molecule has 0 aromatic heterocycles. The molecule has 0 aromatic rings. The van der Waals surface area contributed by atoms with Gasteiger partial charge in [0, 0.05) is 23.0 Å². The first-order chi connectivity index (χ1) is 19.4. The van der Waals surface area contributed by atoms with Crippen molar-refractivity contribution in [2.45, 2.75) is 51.4 Å². The Balaban J connectivity index is 1.30. The molecule has 0 saturated carbocycles. The van der Waals surface area contributed by atoms with E-state index >= 15 is 0 Å². The van der Waals surface area contributed by atoms with E-state index in [1.807, 2.05) is 6.08 Å². The third-order valence-corrected chi connectivity index (χ3v) is 10.8. The topological polar surface area (TPSA) is 68.3 Å². The number of allylic oxidation sites excluding steroid dienone is 20. The molecule has 0 heterocycles. The molecule has 0 fully saturated rings. The molecule has 4 nitrogen and oxygen atoms in total. The molecule has 0 radical (unpaired) electrons. The molecule has 9 aliphatic carbocycles. The second kappa shape index (κ2) is 7.84. The van der Waals surface area contributed by atoms with Crippen molar-refractivity contribution < 1.29 is 19.2 Å². The van der Waals surface area contributed by atoms with Crippen LogP contribution in [0.3, 0.4) is 0 Å². The number of ketones is 4. The number of carbonyl (C=O) groups is 4. The van der Waals surface area contributed by atoms with E-state index in [1.54, 1.807) is 0 Å². The van der Waals surface area contributed by atoms with Crippen LogP contribution in [0.2, 0.25) is 0 Å². The van der Waals surface area contributed by atoms with E-state index in [0.29, 0.717) is 42.7 Å². The lowest BCUT2D eigenvalue weighted by Gasteiger charge is -2.28. The van der Waals surface area contributed by atoms with Gasteiger partial charge in [0.05, 0.1) is 11.8 Å². The molecule has 0 aromatic carbocycles. The normalized spacial score (nSPS) is 33.4. The molecule has 9 aliphatic rings. The molecule has 196 valence electrons. The first kappa shape index (κ1) is 22.9. The lowest BCUT2D eigenvalue weighted by atomic mass is 9.76. The summed E-state index contributed by atoms with van der Waals surface area (Å²) < 4.78 is 0. The van der Waals surface area contributed by atoms with Crippen LogP contribution in [0.25, 0.3) is 0 Å². The minimum absolute atomic E-state index is 0.108. The maximum Gasteiger partial charge on any atom is 0.225 e. The van der Waals surface area contributed by atoms with Crippen LogP contribution in [0, 0.1) is 23.7 Å². The van der Waals surface area contributed by atoms with Crippen molar-refractivity contribution in [3.05, 3.63) is 115 Å². The Hall–Kier alpha value is -3.92. The molecule has 4 atom stereocenters. The van der Waals surface area contributed by atoms with E-state index in [9.17, 15) is 19.2 Å². The van der Waals surface area contributed by atoms with E-state index in [-0.39, 0.29) is 18.1 Å². The summed E-state index contributed by atoms with van der Waals surface area (Å²) in [5.41, 5.74) is 12.7. The molecule has 0 amide bonds. The zero-order chi connectivity index (χ0) is 26.9. The lowest BCUT2D eigenvalue weighted by Crippen LogP contribution is -2.31. The van der Waals surface area contributed by atoms with Crippen LogP contribution >= 0.6 is 0 Å². The number of hydrogen-bond acceptors (Lipinski definition) is 4. The second-order valence-corrected chi connectivity index (χ2v) is 12.9. The molecule has 40 heavy (non-hydrogen) atoms. The average Bonchev–Trinajstić information content (AvgIpc) is 3.30. The SMILES string of the molecule is O=C1C(=O)C2CC3=C4C=C2CC2=C1CC1C(=O)C(=O)C5=C(C=C6CC7=C(C=CC6C5)CC(C=C3)C(=C7)C4)CC1=C2. The van der Waals surface area contributed by atoms with Crippen LogP contribution in [0.5, 0.6) is 0 Å². The smallest absolute Gasteiger partial charge is 0.225 e. The predicted molar refractivity (Wildman–Crippen MR) is 150 cm³/mol. The summed E-state index contributed by atoms with van der Waals surface area (Å²) in [6, 6.07) is 0. The predicted octanol–water partition coefficient (Wildman–Crippen LogP) is 5.98. The molecular formula is C36H28O4. The highest BCUT2D eigenvalue weighted by atomic mass is 16.2. The van der Waals surface area contributed by atoms with Crippen molar-refractivity contribution in [3.63, 3.8) is 0 Å². The quantitative estimate of drug-likeness (QED) is 0.366. The van der Waals surface area contributed by atoms with Gasteiger partial charge in [-0.05, 0) is 84.8 Å². The van der Waals surface area contributed by atoms with Crippen molar-refractivity contribution in [1.82, 2.24) is 0 Å². The van der Waals surface area contributed by atoms with Gasteiger partial charge in [-0.25, -0.2) is 0 Å². The molecule has 0 spiro atoms. The lowest BCUT2D eigenvalue weighted by molar-refractivity contribution is -0.137. The summed E-state index contributed by atoms with van der Waals surface area (Å²) in [6.45, 7) is 0. The van der Waals surface area contributed by atoms with Gasteiger partial charge in [-0.1, -0.05) is 70.9 Å². The fraction of sp³-hybridized carbons (Fsp3) is 0.333. The van der Waals surface area contributed by atoms with Gasteiger partial charge in [0.15, 0.2) is 0 Å². The fourth-order valence-corrected chi connectivity index (χ4v) is 8.65. The van der Waals surface area contributed by atoms with Crippen LogP contribution in [0.1, 0.15) is 51.4 Å². The molecule has 0 aliphatic heterocycles. The van der Waals surface area contributed by atoms with Crippen molar-refractivity contribution in [1.29, 1.82) is 0 Å².